The van der Waals surface area contributed by atoms with Crippen LogP contribution >= 0.6 is 0 Å². The number of carbonyl (C=O) groups is 2. The van der Waals surface area contributed by atoms with Crippen LogP contribution in [0.2, 0.25) is 0 Å². The molecule has 0 aromatic carbocycles. The van der Waals surface area contributed by atoms with Crippen LogP contribution in [-0.4, -0.2) is 58.6 Å². The first kappa shape index (κ1) is 16.0. The number of rotatable bonds is 8. The van der Waals surface area contributed by atoms with E-state index in [1.807, 2.05) is 0 Å². The van der Waals surface area contributed by atoms with Gasteiger partial charge in [-0.25, -0.2) is 4.79 Å². The van der Waals surface area contributed by atoms with Gasteiger partial charge in [-0.15, -0.1) is 0 Å². The minimum atomic E-state index is -0.927. The van der Waals surface area contributed by atoms with E-state index in [4.69, 9.17) is 9.84 Å². The molecule has 0 fully saturated rings. The Labute approximate surface area is 117 Å². The molecule has 2 amide bonds. The van der Waals surface area contributed by atoms with E-state index in [1.54, 1.807) is 31.1 Å². The van der Waals surface area contributed by atoms with Crippen LogP contribution in [0.25, 0.3) is 0 Å². The summed E-state index contributed by atoms with van der Waals surface area (Å²) >= 11 is 0. The highest BCUT2D eigenvalue weighted by molar-refractivity contribution is 5.89. The summed E-state index contributed by atoms with van der Waals surface area (Å²) < 4.78 is 6.59. The van der Waals surface area contributed by atoms with Gasteiger partial charge in [0.1, 0.15) is 0 Å². The molecule has 0 spiro atoms. The molecule has 1 heterocycles. The van der Waals surface area contributed by atoms with Gasteiger partial charge in [0.2, 0.25) is 0 Å². The van der Waals surface area contributed by atoms with E-state index in [0.717, 1.165) is 0 Å². The van der Waals surface area contributed by atoms with E-state index in [9.17, 15) is 9.59 Å². The number of carbonyl (C=O) groups excluding carboxylic acids is 1. The molecule has 112 valence electrons. The Morgan fingerprint density at radius 3 is 2.90 bits per heavy atom. The van der Waals surface area contributed by atoms with Gasteiger partial charge in [-0.05, 0) is 6.92 Å². The van der Waals surface area contributed by atoms with Crippen LogP contribution < -0.4 is 5.32 Å². The first-order valence-electron chi connectivity index (χ1n) is 6.36. The number of aromatic nitrogens is 2. The summed E-state index contributed by atoms with van der Waals surface area (Å²) in [5, 5.41) is 15.4. The molecule has 0 aliphatic carbocycles. The van der Waals surface area contributed by atoms with Gasteiger partial charge in [0, 0.05) is 26.4 Å². The molecule has 1 aromatic heterocycles. The van der Waals surface area contributed by atoms with Crippen molar-refractivity contribution < 1.29 is 19.4 Å². The Hall–Kier alpha value is -2.09. The number of methoxy groups -OCH3 is 1. The maximum Gasteiger partial charge on any atom is 0.321 e. The topological polar surface area (TPSA) is 96.7 Å². The molecule has 0 aliphatic heterocycles. The minimum absolute atomic E-state index is 0.0750. The van der Waals surface area contributed by atoms with Gasteiger partial charge >= 0.3 is 12.0 Å². The van der Waals surface area contributed by atoms with Crippen molar-refractivity contribution in [3.05, 3.63) is 12.4 Å². The van der Waals surface area contributed by atoms with E-state index in [-0.39, 0.29) is 19.0 Å². The van der Waals surface area contributed by atoms with Crippen LogP contribution in [0.1, 0.15) is 13.3 Å². The van der Waals surface area contributed by atoms with E-state index < -0.39 is 5.97 Å². The molecule has 0 aliphatic rings. The number of urea groups is 1. The number of amides is 2. The third-order valence-corrected chi connectivity index (χ3v) is 2.67. The molecule has 20 heavy (non-hydrogen) atoms. The van der Waals surface area contributed by atoms with Crippen LogP contribution in [0.15, 0.2) is 12.4 Å². The van der Waals surface area contributed by atoms with Gasteiger partial charge in [0.05, 0.1) is 31.5 Å². The number of aliphatic carboxylic acids is 1. The fourth-order valence-corrected chi connectivity index (χ4v) is 1.57. The SMILES string of the molecule is CCN(CCC(=O)O)C(=O)Nc1cnn(CCOC)c1. The maximum absolute atomic E-state index is 11.9. The standard InChI is InChI=1S/C12H20N4O4/c1-3-15(5-4-11(17)18)12(19)14-10-8-13-16(9-10)6-7-20-2/h8-9H,3-7H2,1-2H3,(H,14,19)(H,17,18). The Bertz CT molecular complexity index is 446. The van der Waals surface area contributed by atoms with Crippen molar-refractivity contribution >= 4 is 17.7 Å². The van der Waals surface area contributed by atoms with Crippen LogP contribution in [0.3, 0.4) is 0 Å². The van der Waals surface area contributed by atoms with E-state index in [2.05, 4.69) is 10.4 Å². The average molecular weight is 284 g/mol. The van der Waals surface area contributed by atoms with Crippen molar-refractivity contribution in [3.8, 4) is 0 Å². The second-order valence-corrected chi connectivity index (χ2v) is 4.14. The Morgan fingerprint density at radius 1 is 1.55 bits per heavy atom. The first-order chi connectivity index (χ1) is 9.56. The molecule has 0 radical (unpaired) electrons. The molecule has 0 atom stereocenters. The molecule has 8 heteroatoms. The summed E-state index contributed by atoms with van der Waals surface area (Å²) in [5.74, 6) is -0.927. The second kappa shape index (κ2) is 8.16. The summed E-state index contributed by atoms with van der Waals surface area (Å²) in [7, 11) is 1.60. The lowest BCUT2D eigenvalue weighted by atomic mass is 10.4. The fourth-order valence-electron chi connectivity index (χ4n) is 1.57. The summed E-state index contributed by atoms with van der Waals surface area (Å²) in [6.07, 6.45) is 3.16. The third-order valence-electron chi connectivity index (χ3n) is 2.67. The van der Waals surface area contributed by atoms with Crippen LogP contribution in [0, 0.1) is 0 Å². The molecule has 2 N–H and O–H groups in total. The van der Waals surface area contributed by atoms with Crippen molar-refractivity contribution in [2.45, 2.75) is 19.9 Å². The monoisotopic (exact) mass is 284 g/mol. The number of anilines is 1. The number of hydrogen-bond acceptors (Lipinski definition) is 4. The number of ether oxygens (including phenoxy) is 1. The third kappa shape index (κ3) is 5.27. The summed E-state index contributed by atoms with van der Waals surface area (Å²) in [5.41, 5.74) is 0.569. The molecule has 0 bridgehead atoms. The maximum atomic E-state index is 11.9. The molecule has 1 rings (SSSR count). The molecule has 0 saturated carbocycles. The Kier molecular flexibility index (Phi) is 6.51. The lowest BCUT2D eigenvalue weighted by Gasteiger charge is -2.19. The molecular weight excluding hydrogens is 264 g/mol. The van der Waals surface area contributed by atoms with Gasteiger partial charge in [0.15, 0.2) is 0 Å². The van der Waals surface area contributed by atoms with Gasteiger partial charge in [-0.1, -0.05) is 0 Å². The van der Waals surface area contributed by atoms with E-state index in [0.29, 0.717) is 25.4 Å². The van der Waals surface area contributed by atoms with Gasteiger partial charge in [-0.2, -0.15) is 5.10 Å². The quantitative estimate of drug-likeness (QED) is 0.738. The fraction of sp³-hybridized carbons (Fsp3) is 0.583. The van der Waals surface area contributed by atoms with Crippen LogP contribution in [0.4, 0.5) is 10.5 Å². The Balaban J connectivity index is 2.50. The number of hydrogen-bond donors (Lipinski definition) is 2. The minimum Gasteiger partial charge on any atom is -0.481 e. The van der Waals surface area contributed by atoms with Crippen molar-refractivity contribution in [2.24, 2.45) is 0 Å². The number of nitrogens with one attached hydrogen (secondary N) is 1. The van der Waals surface area contributed by atoms with Gasteiger partial charge in [-0.3, -0.25) is 9.48 Å². The molecule has 1 aromatic rings. The highest BCUT2D eigenvalue weighted by Gasteiger charge is 2.13. The zero-order chi connectivity index (χ0) is 15.0. The predicted octanol–water partition coefficient (Wildman–Crippen LogP) is 0.858. The summed E-state index contributed by atoms with van der Waals surface area (Å²) in [6, 6.07) is -0.333. The van der Waals surface area contributed by atoms with Crippen molar-refractivity contribution in [1.82, 2.24) is 14.7 Å². The zero-order valence-electron chi connectivity index (χ0n) is 11.7. The smallest absolute Gasteiger partial charge is 0.321 e. The lowest BCUT2D eigenvalue weighted by Crippen LogP contribution is -2.36. The van der Waals surface area contributed by atoms with Crippen LogP contribution in [-0.2, 0) is 16.1 Å². The molecule has 0 unspecified atom stereocenters. The number of carboxylic acids is 1. The molecule has 0 saturated heterocycles. The van der Waals surface area contributed by atoms with Crippen molar-refractivity contribution in [3.63, 3.8) is 0 Å². The number of carboxylic acid groups (broad SMARTS) is 1. The van der Waals surface area contributed by atoms with Crippen molar-refractivity contribution in [1.29, 1.82) is 0 Å². The highest BCUT2D eigenvalue weighted by Crippen LogP contribution is 2.06. The van der Waals surface area contributed by atoms with Gasteiger partial charge in [0.25, 0.3) is 0 Å². The molecular formula is C12H20N4O4. The average Bonchev–Trinajstić information content (AvgIpc) is 2.84. The van der Waals surface area contributed by atoms with Gasteiger partial charge < -0.3 is 20.1 Å². The Morgan fingerprint density at radius 2 is 2.30 bits per heavy atom. The first-order valence-corrected chi connectivity index (χ1v) is 6.36. The van der Waals surface area contributed by atoms with Crippen LogP contribution in [0.5, 0.6) is 0 Å². The normalized spacial score (nSPS) is 10.3. The molecule has 8 nitrogen and oxygen atoms in total. The van der Waals surface area contributed by atoms with E-state index in [1.165, 1.54) is 4.90 Å². The van der Waals surface area contributed by atoms with Crippen molar-refractivity contribution in [2.75, 3.05) is 32.1 Å². The van der Waals surface area contributed by atoms with E-state index >= 15 is 0 Å². The summed E-state index contributed by atoms with van der Waals surface area (Å²) in [6.45, 7) is 3.55. The summed E-state index contributed by atoms with van der Waals surface area (Å²) in [4.78, 5) is 23.9. The predicted molar refractivity (Wildman–Crippen MR) is 72.6 cm³/mol. The lowest BCUT2D eigenvalue weighted by molar-refractivity contribution is -0.137. The largest absolute Gasteiger partial charge is 0.481 e. The zero-order valence-corrected chi connectivity index (χ0v) is 11.7. The number of nitrogens with zero attached hydrogens (tertiary/aromatic N) is 3. The second-order valence-electron chi connectivity index (χ2n) is 4.14. The highest BCUT2D eigenvalue weighted by atomic mass is 16.5.